The van der Waals surface area contributed by atoms with Crippen LogP contribution in [0.1, 0.15) is 36.8 Å². The van der Waals surface area contributed by atoms with E-state index in [4.69, 9.17) is 0 Å². The number of hydrogen-bond donors (Lipinski definition) is 0. The van der Waals surface area contributed by atoms with E-state index in [1.54, 1.807) is 0 Å². The van der Waals surface area contributed by atoms with Gasteiger partial charge in [0.25, 0.3) is 5.92 Å². The molecule has 2 saturated heterocycles. The summed E-state index contributed by atoms with van der Waals surface area (Å²) in [5.41, 5.74) is 2.53. The van der Waals surface area contributed by atoms with E-state index < -0.39 is 5.92 Å². The summed E-state index contributed by atoms with van der Waals surface area (Å²) in [5.74, 6) is -2.03. The molecule has 0 spiro atoms. The minimum absolute atomic E-state index is 0.000165. The van der Waals surface area contributed by atoms with E-state index in [1.807, 2.05) is 36.4 Å². The Morgan fingerprint density at radius 2 is 1.10 bits per heavy atom. The molecule has 2 fully saturated rings. The van der Waals surface area contributed by atoms with Gasteiger partial charge in [0.1, 0.15) is 5.78 Å². The van der Waals surface area contributed by atoms with E-state index in [2.05, 4.69) is 34.1 Å². The first kappa shape index (κ1) is 21.6. The summed E-state index contributed by atoms with van der Waals surface area (Å²) in [5, 5.41) is 0. The Morgan fingerprint density at radius 3 is 1.55 bits per heavy atom. The van der Waals surface area contributed by atoms with Gasteiger partial charge in [0, 0.05) is 65.0 Å². The fourth-order valence-corrected chi connectivity index (χ4v) is 3.68. The third kappa shape index (κ3) is 7.67. The third-order valence-corrected chi connectivity index (χ3v) is 5.50. The number of nitrogens with zero attached hydrogens (tertiary/aromatic N) is 2. The lowest BCUT2D eigenvalue weighted by Gasteiger charge is -2.31. The summed E-state index contributed by atoms with van der Waals surface area (Å²) in [6.07, 6.45) is 1.46. The van der Waals surface area contributed by atoms with E-state index in [0.29, 0.717) is 18.9 Å². The van der Waals surface area contributed by atoms with E-state index in [-0.39, 0.29) is 12.8 Å². The molecule has 0 bridgehead atoms. The Morgan fingerprint density at radius 1 is 0.690 bits per heavy atom. The second kappa shape index (κ2) is 10.6. The highest BCUT2D eigenvalue weighted by atomic mass is 19.3. The van der Waals surface area contributed by atoms with Crippen LogP contribution in [0, 0.1) is 0 Å². The minimum atomic E-state index is -2.44. The molecule has 0 saturated carbocycles. The van der Waals surface area contributed by atoms with Gasteiger partial charge in [-0.05, 0) is 11.1 Å². The van der Waals surface area contributed by atoms with Crippen LogP contribution in [0.5, 0.6) is 0 Å². The molecule has 0 aliphatic carbocycles. The second-order valence-corrected chi connectivity index (χ2v) is 7.92. The second-order valence-electron chi connectivity index (χ2n) is 7.92. The van der Waals surface area contributed by atoms with Gasteiger partial charge >= 0.3 is 0 Å². The number of piperidine rings is 2. The van der Waals surface area contributed by atoms with E-state index in [0.717, 1.165) is 39.0 Å². The van der Waals surface area contributed by atoms with Gasteiger partial charge in [-0.3, -0.25) is 14.6 Å². The van der Waals surface area contributed by atoms with Gasteiger partial charge in [-0.25, -0.2) is 8.78 Å². The van der Waals surface area contributed by atoms with Crippen LogP contribution in [0.2, 0.25) is 0 Å². The predicted octanol–water partition coefficient (Wildman–Crippen LogP) is 4.77. The number of hydrogen-bond acceptors (Lipinski definition) is 3. The molecule has 2 aliphatic rings. The molecule has 5 heteroatoms. The number of likely N-dealkylation sites (tertiary alicyclic amines) is 2. The minimum Gasteiger partial charge on any atom is -0.300 e. The Labute approximate surface area is 172 Å². The van der Waals surface area contributed by atoms with E-state index in [9.17, 15) is 13.6 Å². The highest BCUT2D eigenvalue weighted by molar-refractivity contribution is 5.79. The fraction of sp³-hybridized carbons (Fsp3) is 0.458. The maximum absolute atomic E-state index is 12.9. The highest BCUT2D eigenvalue weighted by Gasteiger charge is 2.33. The van der Waals surface area contributed by atoms with Gasteiger partial charge < -0.3 is 0 Å². The number of ketones is 1. The van der Waals surface area contributed by atoms with E-state index in [1.165, 1.54) is 11.1 Å². The fourth-order valence-electron chi connectivity index (χ4n) is 3.68. The van der Waals surface area contributed by atoms with Crippen molar-refractivity contribution in [3.05, 3.63) is 71.8 Å². The first-order chi connectivity index (χ1) is 14.0. The largest absolute Gasteiger partial charge is 0.300 e. The zero-order valence-corrected chi connectivity index (χ0v) is 16.9. The van der Waals surface area contributed by atoms with Crippen molar-refractivity contribution in [1.29, 1.82) is 0 Å². The molecule has 0 radical (unpaired) electrons. The van der Waals surface area contributed by atoms with Gasteiger partial charge in [0.2, 0.25) is 0 Å². The molecule has 2 aromatic carbocycles. The van der Waals surface area contributed by atoms with Crippen molar-refractivity contribution in [2.45, 2.75) is 44.7 Å². The monoisotopic (exact) mass is 400 g/mol. The number of rotatable bonds is 4. The molecule has 0 unspecified atom stereocenters. The summed E-state index contributed by atoms with van der Waals surface area (Å²) in [6.45, 7) is 4.62. The standard InChI is InChI=1S/C12H15F2N.C12H15NO/c13-12(14)6-8-15(9-7-12)10-11-4-2-1-3-5-11;14-12-6-8-13(9-7-12)10-11-4-2-1-3-5-11/h1-5H,6-10H2;1-5H,6-10H2. The van der Waals surface area contributed by atoms with Gasteiger partial charge in [0.05, 0.1) is 0 Å². The molecule has 4 rings (SSSR count). The van der Waals surface area contributed by atoms with Crippen LogP contribution in [-0.4, -0.2) is 47.7 Å². The van der Waals surface area contributed by atoms with Crippen LogP contribution in [0.4, 0.5) is 8.78 Å². The third-order valence-electron chi connectivity index (χ3n) is 5.50. The zero-order valence-electron chi connectivity index (χ0n) is 16.9. The summed E-state index contributed by atoms with van der Waals surface area (Å²) in [6, 6.07) is 20.4. The van der Waals surface area contributed by atoms with Gasteiger partial charge in [-0.1, -0.05) is 60.7 Å². The van der Waals surface area contributed by atoms with Crippen molar-refractivity contribution >= 4 is 5.78 Å². The number of Topliss-reactive ketones (excluding diaryl/α,β-unsaturated/α-hetero) is 1. The number of benzene rings is 2. The maximum Gasteiger partial charge on any atom is 0.250 e. The molecule has 29 heavy (non-hydrogen) atoms. The molecule has 0 atom stereocenters. The van der Waals surface area contributed by atoms with Crippen molar-refractivity contribution in [3.63, 3.8) is 0 Å². The SMILES string of the molecule is FC1(F)CCN(Cc2ccccc2)CC1.O=C1CCN(Cc2ccccc2)CC1. The molecular formula is C24H30F2N2O. The van der Waals surface area contributed by atoms with Gasteiger partial charge in [0.15, 0.2) is 0 Å². The molecular weight excluding hydrogens is 370 g/mol. The summed E-state index contributed by atoms with van der Waals surface area (Å²) < 4.78 is 25.8. The van der Waals surface area contributed by atoms with E-state index >= 15 is 0 Å². The molecule has 2 heterocycles. The average molecular weight is 401 g/mol. The first-order valence-electron chi connectivity index (χ1n) is 10.4. The van der Waals surface area contributed by atoms with Gasteiger partial charge in [-0.15, -0.1) is 0 Å². The molecule has 156 valence electrons. The Kier molecular flexibility index (Phi) is 7.90. The topological polar surface area (TPSA) is 23.6 Å². The number of carbonyl (C=O) groups is 1. The Bertz CT molecular complexity index is 732. The van der Waals surface area contributed by atoms with Crippen LogP contribution < -0.4 is 0 Å². The first-order valence-corrected chi connectivity index (χ1v) is 10.4. The zero-order chi connectivity index (χ0) is 20.5. The number of halogens is 2. The molecule has 2 aromatic rings. The van der Waals surface area contributed by atoms with Crippen molar-refractivity contribution < 1.29 is 13.6 Å². The number of alkyl halides is 2. The number of carbonyl (C=O) groups excluding carboxylic acids is 1. The Hall–Kier alpha value is -2.11. The molecule has 2 aliphatic heterocycles. The smallest absolute Gasteiger partial charge is 0.250 e. The quantitative estimate of drug-likeness (QED) is 0.739. The van der Waals surface area contributed by atoms with Crippen LogP contribution in [0.3, 0.4) is 0 Å². The summed E-state index contributed by atoms with van der Waals surface area (Å²) in [7, 11) is 0. The Balaban J connectivity index is 0.000000166. The van der Waals surface area contributed by atoms with Crippen LogP contribution in [-0.2, 0) is 17.9 Å². The summed E-state index contributed by atoms with van der Waals surface area (Å²) >= 11 is 0. The average Bonchev–Trinajstić information content (AvgIpc) is 2.73. The lowest BCUT2D eigenvalue weighted by Crippen LogP contribution is -2.38. The van der Waals surface area contributed by atoms with Crippen LogP contribution in [0.15, 0.2) is 60.7 Å². The normalized spacial score (nSPS) is 20.0. The van der Waals surface area contributed by atoms with Crippen molar-refractivity contribution in [3.8, 4) is 0 Å². The van der Waals surface area contributed by atoms with Crippen molar-refractivity contribution in [2.75, 3.05) is 26.2 Å². The lowest BCUT2D eigenvalue weighted by atomic mass is 10.1. The van der Waals surface area contributed by atoms with Crippen LogP contribution >= 0.6 is 0 Å². The predicted molar refractivity (Wildman–Crippen MR) is 112 cm³/mol. The molecule has 3 nitrogen and oxygen atoms in total. The van der Waals surface area contributed by atoms with Gasteiger partial charge in [-0.2, -0.15) is 0 Å². The summed E-state index contributed by atoms with van der Waals surface area (Å²) in [4.78, 5) is 15.5. The molecule has 0 aromatic heterocycles. The van der Waals surface area contributed by atoms with Crippen molar-refractivity contribution in [2.24, 2.45) is 0 Å². The van der Waals surface area contributed by atoms with Crippen molar-refractivity contribution in [1.82, 2.24) is 9.80 Å². The molecule has 0 N–H and O–H groups in total. The highest BCUT2D eigenvalue weighted by Crippen LogP contribution is 2.28. The maximum atomic E-state index is 12.9. The molecule has 0 amide bonds. The lowest BCUT2D eigenvalue weighted by molar-refractivity contribution is -0.121. The van der Waals surface area contributed by atoms with Crippen LogP contribution in [0.25, 0.3) is 0 Å².